The number of aliphatic hydroxyl groups excluding tert-OH is 1. The Kier molecular flexibility index (Phi) is 4.32. The number of nitrogens with one attached hydrogen (secondary N) is 1. The molecule has 0 aliphatic heterocycles. The van der Waals surface area contributed by atoms with E-state index in [4.69, 9.17) is 10.1 Å². The largest absolute Gasteiger partial charge is 0.457 e. The van der Waals surface area contributed by atoms with Crippen molar-refractivity contribution in [2.45, 2.75) is 23.3 Å². The molecule has 9 heteroatoms. The summed E-state index contributed by atoms with van der Waals surface area (Å²) in [6.45, 7) is 0. The van der Waals surface area contributed by atoms with Gasteiger partial charge in [-0.05, 0) is 29.8 Å². The Balaban J connectivity index is 2.14. The van der Waals surface area contributed by atoms with Crippen LogP contribution in [0.1, 0.15) is 22.8 Å². The van der Waals surface area contributed by atoms with Gasteiger partial charge >= 0.3 is 0 Å². The van der Waals surface area contributed by atoms with Crippen molar-refractivity contribution in [3.05, 3.63) is 52.8 Å². The van der Waals surface area contributed by atoms with Gasteiger partial charge in [-0.1, -0.05) is 0 Å². The standard InChI is InChI=1S/C17H14F3NO4S/c1-26(23,24)14-3-2-13(12-7-17(19,20)16(22)15(12)14)25-11-5-9(8-21)4-10(18)6-11/h2-6,8,16,21-22H,7H2,1H3/t16-/m0/s1. The van der Waals surface area contributed by atoms with Crippen molar-refractivity contribution in [2.75, 3.05) is 6.26 Å². The molecule has 0 bridgehead atoms. The number of alkyl halides is 2. The van der Waals surface area contributed by atoms with Crippen LogP contribution in [0.3, 0.4) is 0 Å². The fraction of sp³-hybridized carbons (Fsp3) is 0.235. The molecule has 2 aromatic carbocycles. The lowest BCUT2D eigenvalue weighted by Gasteiger charge is -2.15. The van der Waals surface area contributed by atoms with Crippen LogP contribution in [0.4, 0.5) is 13.2 Å². The number of sulfone groups is 1. The summed E-state index contributed by atoms with van der Waals surface area (Å²) in [5.74, 6) is -4.38. The summed E-state index contributed by atoms with van der Waals surface area (Å²) in [5.41, 5.74) is -0.348. The normalized spacial score (nSPS) is 18.4. The van der Waals surface area contributed by atoms with Gasteiger partial charge in [0, 0.05) is 36.1 Å². The topological polar surface area (TPSA) is 87.5 Å². The third-order valence-electron chi connectivity index (χ3n) is 4.05. The van der Waals surface area contributed by atoms with Gasteiger partial charge in [0.05, 0.1) is 4.90 Å². The highest BCUT2D eigenvalue weighted by molar-refractivity contribution is 7.90. The molecule has 1 aliphatic rings. The van der Waals surface area contributed by atoms with Crippen LogP contribution in [-0.4, -0.2) is 31.9 Å². The van der Waals surface area contributed by atoms with Crippen molar-refractivity contribution in [1.29, 1.82) is 5.41 Å². The number of aliphatic hydroxyl groups is 1. The van der Waals surface area contributed by atoms with E-state index in [9.17, 15) is 26.7 Å². The number of hydrogen-bond donors (Lipinski definition) is 2. The van der Waals surface area contributed by atoms with Gasteiger partial charge in [0.15, 0.2) is 9.84 Å². The number of ether oxygens (including phenoxy) is 1. The number of benzene rings is 2. The maximum absolute atomic E-state index is 14.0. The van der Waals surface area contributed by atoms with E-state index >= 15 is 0 Å². The van der Waals surface area contributed by atoms with Gasteiger partial charge in [0.1, 0.15) is 23.4 Å². The third-order valence-corrected chi connectivity index (χ3v) is 5.20. The second kappa shape index (κ2) is 6.10. The Morgan fingerprint density at radius 1 is 1.31 bits per heavy atom. The quantitative estimate of drug-likeness (QED) is 0.791. The maximum atomic E-state index is 14.0. The first-order valence-corrected chi connectivity index (χ1v) is 9.33. The van der Waals surface area contributed by atoms with Gasteiger partial charge in [0.2, 0.25) is 0 Å². The van der Waals surface area contributed by atoms with Crippen LogP contribution in [0.5, 0.6) is 11.5 Å². The van der Waals surface area contributed by atoms with E-state index < -0.39 is 44.6 Å². The van der Waals surface area contributed by atoms with Crippen LogP contribution >= 0.6 is 0 Å². The molecule has 0 saturated carbocycles. The minimum absolute atomic E-state index is 0.0393. The zero-order valence-corrected chi connectivity index (χ0v) is 14.3. The van der Waals surface area contributed by atoms with Crippen LogP contribution in [0, 0.1) is 11.2 Å². The molecule has 0 spiro atoms. The molecule has 1 atom stereocenters. The SMILES string of the molecule is CS(=O)(=O)c1ccc(Oc2cc(F)cc(C=N)c2)c2c1[C@H](O)C(F)(F)C2. The van der Waals surface area contributed by atoms with E-state index in [0.29, 0.717) is 0 Å². The zero-order valence-electron chi connectivity index (χ0n) is 13.5. The Morgan fingerprint density at radius 3 is 2.62 bits per heavy atom. The zero-order chi connectivity index (χ0) is 19.3. The Hall–Kier alpha value is -2.39. The van der Waals surface area contributed by atoms with Gasteiger partial charge in [-0.3, -0.25) is 0 Å². The molecule has 138 valence electrons. The summed E-state index contributed by atoms with van der Waals surface area (Å²) < 4.78 is 70.8. The van der Waals surface area contributed by atoms with E-state index in [0.717, 1.165) is 30.7 Å². The Bertz CT molecular complexity index is 1010. The summed E-state index contributed by atoms with van der Waals surface area (Å²) >= 11 is 0. The van der Waals surface area contributed by atoms with Gasteiger partial charge in [-0.15, -0.1) is 0 Å². The third kappa shape index (κ3) is 3.19. The van der Waals surface area contributed by atoms with E-state index in [1.165, 1.54) is 12.1 Å². The summed E-state index contributed by atoms with van der Waals surface area (Å²) in [4.78, 5) is -0.399. The van der Waals surface area contributed by atoms with Crippen molar-refractivity contribution in [3.63, 3.8) is 0 Å². The summed E-state index contributed by atoms with van der Waals surface area (Å²) in [7, 11) is -3.86. The minimum atomic E-state index is -3.86. The molecule has 2 N–H and O–H groups in total. The molecule has 0 heterocycles. The Morgan fingerprint density at radius 2 is 2.00 bits per heavy atom. The predicted octanol–water partition coefficient (Wildman–Crippen LogP) is 3.24. The minimum Gasteiger partial charge on any atom is -0.457 e. The molecule has 0 amide bonds. The van der Waals surface area contributed by atoms with Gasteiger partial charge in [0.25, 0.3) is 5.92 Å². The fourth-order valence-corrected chi connectivity index (χ4v) is 3.87. The van der Waals surface area contributed by atoms with Crippen molar-refractivity contribution in [1.82, 2.24) is 0 Å². The van der Waals surface area contributed by atoms with Crippen molar-refractivity contribution in [2.24, 2.45) is 0 Å². The number of fused-ring (bicyclic) bond motifs is 1. The smallest absolute Gasteiger partial charge is 0.281 e. The van der Waals surface area contributed by atoms with Crippen LogP contribution < -0.4 is 4.74 Å². The molecule has 5 nitrogen and oxygen atoms in total. The number of halogens is 3. The molecule has 0 aromatic heterocycles. The molecule has 26 heavy (non-hydrogen) atoms. The van der Waals surface area contributed by atoms with Crippen molar-refractivity contribution in [3.8, 4) is 11.5 Å². The van der Waals surface area contributed by atoms with E-state index in [-0.39, 0.29) is 22.6 Å². The average molecular weight is 385 g/mol. The number of hydrogen-bond acceptors (Lipinski definition) is 5. The van der Waals surface area contributed by atoms with Gasteiger partial charge < -0.3 is 15.3 Å². The molecule has 2 aromatic rings. The highest BCUT2D eigenvalue weighted by Crippen LogP contribution is 2.49. The van der Waals surface area contributed by atoms with Crippen LogP contribution in [0.15, 0.2) is 35.2 Å². The molecule has 0 radical (unpaired) electrons. The first-order chi connectivity index (χ1) is 12.0. The molecule has 0 fully saturated rings. The molecular formula is C17H14F3NO4S. The first-order valence-electron chi connectivity index (χ1n) is 7.43. The van der Waals surface area contributed by atoms with Gasteiger partial charge in [-0.25, -0.2) is 21.6 Å². The summed E-state index contributed by atoms with van der Waals surface area (Å²) in [5, 5.41) is 17.1. The first kappa shape index (κ1) is 18.4. The van der Waals surface area contributed by atoms with E-state index in [1.54, 1.807) is 0 Å². The summed E-state index contributed by atoms with van der Waals surface area (Å²) in [6.07, 6.45) is -1.44. The van der Waals surface area contributed by atoms with Crippen LogP contribution in [-0.2, 0) is 16.3 Å². The lowest BCUT2D eigenvalue weighted by molar-refractivity contribution is -0.0976. The van der Waals surface area contributed by atoms with Crippen LogP contribution in [0.2, 0.25) is 0 Å². The highest BCUT2D eigenvalue weighted by Gasteiger charge is 2.50. The maximum Gasteiger partial charge on any atom is 0.281 e. The average Bonchev–Trinajstić information content (AvgIpc) is 2.77. The fourth-order valence-electron chi connectivity index (χ4n) is 2.92. The van der Waals surface area contributed by atoms with Crippen molar-refractivity contribution < 1.29 is 31.4 Å². The monoisotopic (exact) mass is 385 g/mol. The second-order valence-electron chi connectivity index (χ2n) is 6.03. The van der Waals surface area contributed by atoms with Crippen LogP contribution in [0.25, 0.3) is 0 Å². The lowest BCUT2D eigenvalue weighted by Crippen LogP contribution is -2.22. The summed E-state index contributed by atoms with van der Waals surface area (Å²) in [6, 6.07) is 5.70. The highest BCUT2D eigenvalue weighted by atomic mass is 32.2. The van der Waals surface area contributed by atoms with Crippen molar-refractivity contribution >= 4 is 16.1 Å². The second-order valence-corrected chi connectivity index (χ2v) is 8.02. The number of rotatable bonds is 4. The predicted molar refractivity (Wildman–Crippen MR) is 87.5 cm³/mol. The molecule has 3 rings (SSSR count). The Labute approximate surface area is 147 Å². The van der Waals surface area contributed by atoms with E-state index in [1.807, 2.05) is 0 Å². The van der Waals surface area contributed by atoms with E-state index in [2.05, 4.69) is 0 Å². The van der Waals surface area contributed by atoms with Gasteiger partial charge in [-0.2, -0.15) is 0 Å². The molecular weight excluding hydrogens is 371 g/mol. The lowest BCUT2D eigenvalue weighted by atomic mass is 10.1. The molecule has 0 saturated heterocycles. The molecule has 0 unspecified atom stereocenters. The molecule has 1 aliphatic carbocycles.